The molecule has 29 heavy (non-hydrogen) atoms. The van der Waals surface area contributed by atoms with E-state index in [9.17, 15) is 22.4 Å². The number of carbonyl (C=O) groups is 1. The highest BCUT2D eigenvalue weighted by Crippen LogP contribution is 2.33. The molecule has 5 nitrogen and oxygen atoms in total. The van der Waals surface area contributed by atoms with Crippen molar-refractivity contribution < 1.29 is 31.9 Å². The maximum absolute atomic E-state index is 14.3. The number of allylic oxidation sites excluding steroid dienone is 2. The molecule has 0 heterocycles. The van der Waals surface area contributed by atoms with Crippen LogP contribution in [0.25, 0.3) is 0 Å². The van der Waals surface area contributed by atoms with Crippen LogP contribution < -0.4 is 5.32 Å². The SMILES string of the molecule is O=C(Cc1ccccc1)NCC1=C(OC(F)F)/C(=N\OCC2CC2)CC(F)=C1F. The molecule has 0 aromatic heterocycles. The minimum absolute atomic E-state index is 0.00157. The van der Waals surface area contributed by atoms with Gasteiger partial charge in [0.05, 0.1) is 18.4 Å². The van der Waals surface area contributed by atoms with Crippen LogP contribution >= 0.6 is 0 Å². The molecule has 1 fully saturated rings. The molecule has 156 valence electrons. The topological polar surface area (TPSA) is 59.9 Å². The van der Waals surface area contributed by atoms with E-state index in [-0.39, 0.29) is 18.7 Å². The van der Waals surface area contributed by atoms with Crippen LogP contribution in [0.4, 0.5) is 17.6 Å². The molecular formula is C20H20F4N2O3. The Hall–Kier alpha value is -2.84. The summed E-state index contributed by atoms with van der Waals surface area (Å²) < 4.78 is 58.5. The second-order valence-corrected chi connectivity index (χ2v) is 6.80. The lowest BCUT2D eigenvalue weighted by atomic mass is 10.0. The predicted molar refractivity (Wildman–Crippen MR) is 97.2 cm³/mol. The van der Waals surface area contributed by atoms with Gasteiger partial charge in [-0.2, -0.15) is 8.78 Å². The number of nitrogens with one attached hydrogen (secondary N) is 1. The highest BCUT2D eigenvalue weighted by atomic mass is 19.3. The molecule has 2 aliphatic carbocycles. The van der Waals surface area contributed by atoms with Crippen LogP contribution in [-0.2, 0) is 20.8 Å². The third-order valence-electron chi connectivity index (χ3n) is 4.42. The van der Waals surface area contributed by atoms with E-state index in [2.05, 4.69) is 15.2 Å². The zero-order valence-corrected chi connectivity index (χ0v) is 15.5. The first-order valence-electron chi connectivity index (χ1n) is 9.16. The lowest BCUT2D eigenvalue weighted by Crippen LogP contribution is -2.30. The molecule has 0 aliphatic heterocycles. The van der Waals surface area contributed by atoms with E-state index in [1.54, 1.807) is 30.3 Å². The third kappa shape index (κ3) is 6.07. The summed E-state index contributed by atoms with van der Waals surface area (Å²) in [6, 6.07) is 8.75. The van der Waals surface area contributed by atoms with Crippen molar-refractivity contribution in [3.8, 4) is 0 Å². The summed E-state index contributed by atoms with van der Waals surface area (Å²) in [7, 11) is 0. The van der Waals surface area contributed by atoms with Gasteiger partial charge in [0, 0.05) is 6.54 Å². The molecule has 1 aromatic rings. The number of benzene rings is 1. The lowest BCUT2D eigenvalue weighted by Gasteiger charge is -2.21. The van der Waals surface area contributed by atoms with Crippen molar-refractivity contribution in [3.05, 3.63) is 58.9 Å². The van der Waals surface area contributed by atoms with E-state index in [1.165, 1.54) is 0 Å². The smallest absolute Gasteiger partial charge is 0.387 e. The third-order valence-corrected chi connectivity index (χ3v) is 4.42. The Morgan fingerprint density at radius 3 is 2.59 bits per heavy atom. The number of hydrogen-bond donors (Lipinski definition) is 1. The Balaban J connectivity index is 1.75. The summed E-state index contributed by atoms with van der Waals surface area (Å²) in [4.78, 5) is 17.2. The second kappa shape index (κ2) is 9.58. The van der Waals surface area contributed by atoms with Crippen LogP contribution in [0.3, 0.4) is 0 Å². The van der Waals surface area contributed by atoms with Gasteiger partial charge >= 0.3 is 6.61 Å². The average molecular weight is 412 g/mol. The second-order valence-electron chi connectivity index (χ2n) is 6.80. The van der Waals surface area contributed by atoms with Crippen LogP contribution in [0.5, 0.6) is 0 Å². The maximum atomic E-state index is 14.3. The van der Waals surface area contributed by atoms with E-state index >= 15 is 0 Å². The van der Waals surface area contributed by atoms with Gasteiger partial charge in [-0.25, -0.2) is 8.78 Å². The molecule has 1 amide bonds. The van der Waals surface area contributed by atoms with Crippen LogP contribution in [-0.4, -0.2) is 31.4 Å². The fourth-order valence-electron chi connectivity index (χ4n) is 2.74. The summed E-state index contributed by atoms with van der Waals surface area (Å²) in [5, 5.41) is 6.08. The van der Waals surface area contributed by atoms with Crippen molar-refractivity contribution in [2.75, 3.05) is 13.2 Å². The summed E-state index contributed by atoms with van der Waals surface area (Å²) in [5.41, 5.74) is -0.106. The molecule has 1 N–H and O–H groups in total. The van der Waals surface area contributed by atoms with Gasteiger partial charge in [0.15, 0.2) is 11.6 Å². The van der Waals surface area contributed by atoms with Crippen LogP contribution in [0.15, 0.2) is 58.5 Å². The zero-order chi connectivity index (χ0) is 20.8. The van der Waals surface area contributed by atoms with E-state index < -0.39 is 48.5 Å². The van der Waals surface area contributed by atoms with Crippen molar-refractivity contribution in [1.82, 2.24) is 5.32 Å². The Bertz CT molecular complexity index is 833. The quantitative estimate of drug-likeness (QED) is 0.489. The number of ether oxygens (including phenoxy) is 1. The zero-order valence-electron chi connectivity index (χ0n) is 15.5. The fraction of sp³-hybridized carbons (Fsp3) is 0.400. The number of halogens is 4. The lowest BCUT2D eigenvalue weighted by molar-refractivity contribution is -0.120. The van der Waals surface area contributed by atoms with E-state index in [0.717, 1.165) is 12.8 Å². The Morgan fingerprint density at radius 1 is 1.21 bits per heavy atom. The van der Waals surface area contributed by atoms with Gasteiger partial charge < -0.3 is 14.9 Å². The molecule has 1 saturated carbocycles. The highest BCUT2D eigenvalue weighted by Gasteiger charge is 2.31. The molecule has 0 saturated heterocycles. The Kier molecular flexibility index (Phi) is 6.90. The van der Waals surface area contributed by atoms with Crippen molar-refractivity contribution in [1.29, 1.82) is 0 Å². The molecule has 0 bridgehead atoms. The summed E-state index contributed by atoms with van der Waals surface area (Å²) in [6.07, 6.45) is 1.28. The number of carbonyl (C=O) groups excluding carboxylic acids is 1. The van der Waals surface area contributed by atoms with Crippen molar-refractivity contribution in [2.24, 2.45) is 11.1 Å². The molecule has 0 atom stereocenters. The number of nitrogens with zero attached hydrogens (tertiary/aromatic N) is 1. The first-order chi connectivity index (χ1) is 13.9. The fourth-order valence-corrected chi connectivity index (χ4v) is 2.74. The normalized spacial score (nSPS) is 18.4. The summed E-state index contributed by atoms with van der Waals surface area (Å²) in [6.45, 7) is -3.54. The Morgan fingerprint density at radius 2 is 1.93 bits per heavy atom. The van der Waals surface area contributed by atoms with Gasteiger partial charge in [0.1, 0.15) is 18.1 Å². The highest BCUT2D eigenvalue weighted by molar-refractivity contribution is 6.02. The first kappa shape index (κ1) is 20.9. The number of rotatable bonds is 9. The number of oxime groups is 1. The molecule has 0 unspecified atom stereocenters. The van der Waals surface area contributed by atoms with Crippen molar-refractivity contribution in [2.45, 2.75) is 32.3 Å². The standard InChI is InChI=1S/C20H20F4N2O3/c21-15-9-16(26-28-11-13-6-7-13)19(29-20(23)24)14(18(15)22)10-25-17(27)8-12-4-2-1-3-5-12/h1-5,13,20H,6-11H2,(H,25,27)/b26-16-. The monoisotopic (exact) mass is 412 g/mol. The molecule has 1 aromatic carbocycles. The number of amides is 1. The summed E-state index contributed by atoms with van der Waals surface area (Å²) >= 11 is 0. The number of alkyl halides is 2. The van der Waals surface area contributed by atoms with Gasteiger partial charge in [-0.1, -0.05) is 35.5 Å². The number of hydrogen-bond acceptors (Lipinski definition) is 4. The van der Waals surface area contributed by atoms with Crippen LogP contribution in [0, 0.1) is 5.92 Å². The molecule has 3 rings (SSSR count). The predicted octanol–water partition coefficient (Wildman–Crippen LogP) is 4.18. The molecule has 0 spiro atoms. The largest absolute Gasteiger partial charge is 0.432 e. The van der Waals surface area contributed by atoms with Gasteiger partial charge in [0.25, 0.3) is 0 Å². The van der Waals surface area contributed by atoms with E-state index in [0.29, 0.717) is 11.5 Å². The van der Waals surface area contributed by atoms with E-state index in [4.69, 9.17) is 4.84 Å². The van der Waals surface area contributed by atoms with Gasteiger partial charge in [-0.05, 0) is 24.3 Å². The molecule has 2 aliphatic rings. The minimum Gasteiger partial charge on any atom is -0.432 e. The molecular weight excluding hydrogens is 392 g/mol. The summed E-state index contributed by atoms with van der Waals surface area (Å²) in [5.74, 6) is -3.30. The van der Waals surface area contributed by atoms with Gasteiger partial charge in [-0.15, -0.1) is 0 Å². The van der Waals surface area contributed by atoms with E-state index in [1.807, 2.05) is 0 Å². The Labute approximate surface area is 165 Å². The van der Waals surface area contributed by atoms with Crippen molar-refractivity contribution >= 4 is 11.6 Å². The average Bonchev–Trinajstić information content (AvgIpc) is 3.50. The van der Waals surface area contributed by atoms with Crippen molar-refractivity contribution in [3.63, 3.8) is 0 Å². The minimum atomic E-state index is -3.28. The van der Waals surface area contributed by atoms with Gasteiger partial charge in [0.2, 0.25) is 5.91 Å². The molecule has 9 heteroatoms. The van der Waals surface area contributed by atoms with Crippen LogP contribution in [0.2, 0.25) is 0 Å². The molecule has 0 radical (unpaired) electrons. The maximum Gasteiger partial charge on any atom is 0.387 e. The first-order valence-corrected chi connectivity index (χ1v) is 9.16. The van der Waals surface area contributed by atoms with Gasteiger partial charge in [-0.3, -0.25) is 4.79 Å². The van der Waals surface area contributed by atoms with Crippen LogP contribution in [0.1, 0.15) is 24.8 Å².